The second kappa shape index (κ2) is 5.69. The summed E-state index contributed by atoms with van der Waals surface area (Å²) in [5, 5.41) is 2.76. The number of carbonyl (C=O) groups is 2. The van der Waals surface area contributed by atoms with Crippen molar-refractivity contribution in [3.8, 4) is 0 Å². The number of hydrogen-bond donors (Lipinski definition) is 1. The largest absolute Gasteiger partial charge is 0.326 e. The Balaban J connectivity index is 1.89. The third kappa shape index (κ3) is 2.83. The van der Waals surface area contributed by atoms with Gasteiger partial charge in [-0.15, -0.1) is 0 Å². The number of likely N-dealkylation sites (tertiary alicyclic amines) is 1. The smallest absolute Gasteiger partial charge is 0.325 e. The van der Waals surface area contributed by atoms with Gasteiger partial charge in [0, 0.05) is 13.1 Å². The van der Waals surface area contributed by atoms with E-state index in [-0.39, 0.29) is 18.0 Å². The van der Waals surface area contributed by atoms with Crippen LogP contribution >= 0.6 is 0 Å². The Morgan fingerprint density at radius 2 is 1.94 bits per heavy atom. The average Bonchev–Trinajstić information content (AvgIpc) is 2.60. The molecule has 0 unspecified atom stereocenters. The minimum absolute atomic E-state index is 0.0551. The molecule has 0 aromatic heterocycles. The van der Waals surface area contributed by atoms with E-state index in [1.54, 1.807) is 0 Å². The summed E-state index contributed by atoms with van der Waals surface area (Å²) >= 11 is 0. The summed E-state index contributed by atoms with van der Waals surface area (Å²) in [6, 6.07) is -0.525. The zero-order chi connectivity index (χ0) is 13.1. The van der Waals surface area contributed by atoms with E-state index in [4.69, 9.17) is 0 Å². The van der Waals surface area contributed by atoms with Crippen molar-refractivity contribution in [2.75, 3.05) is 19.8 Å². The highest BCUT2D eigenvalue weighted by molar-refractivity contribution is 6.04. The lowest BCUT2D eigenvalue weighted by Crippen LogP contribution is -2.45. The fourth-order valence-electron chi connectivity index (χ4n) is 2.60. The molecule has 1 N–H and O–H groups in total. The number of hydrogen-bond acceptors (Lipinski definition) is 3. The van der Waals surface area contributed by atoms with E-state index < -0.39 is 0 Å². The van der Waals surface area contributed by atoms with Crippen LogP contribution in [0.2, 0.25) is 0 Å². The zero-order valence-electron chi connectivity index (χ0n) is 11.3. The van der Waals surface area contributed by atoms with Crippen LogP contribution in [0.15, 0.2) is 0 Å². The minimum atomic E-state index is -0.300. The second-order valence-corrected chi connectivity index (χ2v) is 5.50. The molecule has 102 valence electrons. The van der Waals surface area contributed by atoms with E-state index in [2.05, 4.69) is 17.1 Å². The molecule has 2 heterocycles. The van der Waals surface area contributed by atoms with E-state index >= 15 is 0 Å². The number of nitrogens with one attached hydrogen (secondary N) is 1. The lowest BCUT2D eigenvalue weighted by atomic mass is 10.00. The molecule has 0 spiro atoms. The maximum absolute atomic E-state index is 12.1. The standard InChI is InChI=1S/C13H23N3O2/c1-3-4-11-12(17)16(13(18)14-11)9-15-7-5-10(2)6-8-15/h10-11H,3-9H2,1-2H3,(H,14,18)/t11-/m0/s1. The van der Waals surface area contributed by atoms with E-state index in [1.807, 2.05) is 6.92 Å². The van der Waals surface area contributed by atoms with Gasteiger partial charge in [-0.25, -0.2) is 9.69 Å². The van der Waals surface area contributed by atoms with Gasteiger partial charge in [0.1, 0.15) is 6.04 Å². The summed E-state index contributed by atoms with van der Waals surface area (Å²) in [7, 11) is 0. The highest BCUT2D eigenvalue weighted by Crippen LogP contribution is 2.18. The number of imide groups is 1. The van der Waals surface area contributed by atoms with Crippen LogP contribution in [0.4, 0.5) is 4.79 Å². The maximum atomic E-state index is 12.1. The van der Waals surface area contributed by atoms with Gasteiger partial charge in [-0.2, -0.15) is 0 Å². The van der Waals surface area contributed by atoms with Crippen LogP contribution < -0.4 is 5.32 Å². The van der Waals surface area contributed by atoms with Crippen LogP contribution in [0.1, 0.15) is 39.5 Å². The SMILES string of the molecule is CCC[C@@H]1NC(=O)N(CN2CCC(C)CC2)C1=O. The lowest BCUT2D eigenvalue weighted by molar-refractivity contribution is -0.129. The Morgan fingerprint density at radius 3 is 2.56 bits per heavy atom. The van der Waals surface area contributed by atoms with Crippen molar-refractivity contribution in [2.24, 2.45) is 5.92 Å². The Kier molecular flexibility index (Phi) is 4.22. The van der Waals surface area contributed by atoms with Gasteiger partial charge in [0.05, 0.1) is 6.67 Å². The number of amides is 3. The van der Waals surface area contributed by atoms with Crippen LogP contribution in [0, 0.1) is 5.92 Å². The van der Waals surface area contributed by atoms with Crippen LogP contribution in [-0.2, 0) is 4.79 Å². The second-order valence-electron chi connectivity index (χ2n) is 5.50. The van der Waals surface area contributed by atoms with Gasteiger partial charge in [-0.05, 0) is 25.2 Å². The molecule has 2 saturated heterocycles. The molecule has 2 rings (SSSR count). The molecule has 5 nitrogen and oxygen atoms in total. The number of carbonyl (C=O) groups excluding carboxylic acids is 2. The first-order valence-corrected chi connectivity index (χ1v) is 6.96. The summed E-state index contributed by atoms with van der Waals surface area (Å²) in [6.07, 6.45) is 3.95. The summed E-state index contributed by atoms with van der Waals surface area (Å²) in [4.78, 5) is 27.4. The number of urea groups is 1. The van der Waals surface area contributed by atoms with Gasteiger partial charge >= 0.3 is 6.03 Å². The molecule has 0 saturated carbocycles. The van der Waals surface area contributed by atoms with Gasteiger partial charge in [0.25, 0.3) is 5.91 Å². The molecule has 0 radical (unpaired) electrons. The molecule has 1 atom stereocenters. The molecule has 0 aliphatic carbocycles. The first-order valence-electron chi connectivity index (χ1n) is 6.96. The van der Waals surface area contributed by atoms with Crippen LogP contribution in [0.3, 0.4) is 0 Å². The Bertz CT molecular complexity index is 324. The van der Waals surface area contributed by atoms with E-state index in [9.17, 15) is 9.59 Å². The van der Waals surface area contributed by atoms with Crippen molar-refractivity contribution in [1.82, 2.24) is 15.1 Å². The van der Waals surface area contributed by atoms with Crippen molar-refractivity contribution < 1.29 is 9.59 Å². The predicted molar refractivity (Wildman–Crippen MR) is 68.9 cm³/mol. The Labute approximate surface area is 108 Å². The van der Waals surface area contributed by atoms with Crippen LogP contribution in [0.5, 0.6) is 0 Å². The summed E-state index contributed by atoms with van der Waals surface area (Å²) in [5.74, 6) is 0.706. The van der Waals surface area contributed by atoms with E-state index in [0.717, 1.165) is 44.7 Å². The van der Waals surface area contributed by atoms with Gasteiger partial charge in [0.2, 0.25) is 0 Å². The lowest BCUT2D eigenvalue weighted by Gasteiger charge is -2.32. The van der Waals surface area contributed by atoms with Crippen molar-refractivity contribution >= 4 is 11.9 Å². The molecule has 0 aromatic carbocycles. The molecule has 5 heteroatoms. The third-order valence-corrected chi connectivity index (χ3v) is 3.90. The van der Waals surface area contributed by atoms with Gasteiger partial charge < -0.3 is 5.32 Å². The molecule has 0 bridgehead atoms. The molecule has 2 aliphatic rings. The Morgan fingerprint density at radius 1 is 1.28 bits per heavy atom. The zero-order valence-corrected chi connectivity index (χ0v) is 11.3. The van der Waals surface area contributed by atoms with Gasteiger partial charge in [0.15, 0.2) is 0 Å². The number of piperidine rings is 1. The normalized spacial score (nSPS) is 26.8. The molecular formula is C13H23N3O2. The molecule has 18 heavy (non-hydrogen) atoms. The average molecular weight is 253 g/mol. The van der Waals surface area contributed by atoms with Crippen LogP contribution in [-0.4, -0.2) is 47.5 Å². The fraction of sp³-hybridized carbons (Fsp3) is 0.846. The third-order valence-electron chi connectivity index (χ3n) is 3.90. The number of nitrogens with zero attached hydrogens (tertiary/aromatic N) is 2. The summed E-state index contributed by atoms with van der Waals surface area (Å²) < 4.78 is 0. The van der Waals surface area contributed by atoms with Crippen molar-refractivity contribution in [3.63, 3.8) is 0 Å². The summed E-state index contributed by atoms with van der Waals surface area (Å²) in [5.41, 5.74) is 0. The first-order chi connectivity index (χ1) is 8.61. The Hall–Kier alpha value is -1.10. The minimum Gasteiger partial charge on any atom is -0.326 e. The predicted octanol–water partition coefficient (Wildman–Crippen LogP) is 1.40. The van der Waals surface area contributed by atoms with Crippen molar-refractivity contribution in [1.29, 1.82) is 0 Å². The van der Waals surface area contributed by atoms with Gasteiger partial charge in [-0.1, -0.05) is 20.3 Å². The molecule has 2 fully saturated rings. The van der Waals surface area contributed by atoms with Gasteiger partial charge in [-0.3, -0.25) is 9.69 Å². The molecule has 3 amide bonds. The van der Waals surface area contributed by atoms with Crippen molar-refractivity contribution in [2.45, 2.75) is 45.6 Å². The highest BCUT2D eigenvalue weighted by Gasteiger charge is 2.38. The van der Waals surface area contributed by atoms with Crippen molar-refractivity contribution in [3.05, 3.63) is 0 Å². The van der Waals surface area contributed by atoms with Crippen LogP contribution in [0.25, 0.3) is 0 Å². The van der Waals surface area contributed by atoms with E-state index in [1.165, 1.54) is 4.90 Å². The topological polar surface area (TPSA) is 52.7 Å². The first kappa shape index (κ1) is 13.3. The molecule has 0 aromatic rings. The molecule has 2 aliphatic heterocycles. The van der Waals surface area contributed by atoms with E-state index in [0.29, 0.717) is 6.67 Å². The fourth-order valence-corrected chi connectivity index (χ4v) is 2.60. The maximum Gasteiger partial charge on any atom is 0.325 e. The molecular weight excluding hydrogens is 230 g/mol. The number of rotatable bonds is 4. The highest BCUT2D eigenvalue weighted by atomic mass is 16.2. The summed E-state index contributed by atoms with van der Waals surface area (Å²) in [6.45, 7) is 6.70. The quantitative estimate of drug-likeness (QED) is 0.770. The monoisotopic (exact) mass is 253 g/mol.